The van der Waals surface area contributed by atoms with Crippen molar-refractivity contribution in [3.8, 4) is 5.75 Å². The third-order valence-electron chi connectivity index (χ3n) is 1.84. The molecule has 0 atom stereocenters. The van der Waals surface area contributed by atoms with Gasteiger partial charge in [-0.3, -0.25) is 4.72 Å². The maximum Gasteiger partial charge on any atom is 0.272 e. The van der Waals surface area contributed by atoms with Crippen LogP contribution in [0.3, 0.4) is 0 Å². The van der Waals surface area contributed by atoms with E-state index in [2.05, 4.69) is 4.18 Å². The molecule has 0 bridgehead atoms. The molecule has 0 fully saturated rings. The summed E-state index contributed by atoms with van der Waals surface area (Å²) < 4.78 is 69.2. The topological polar surface area (TPSA) is 47.3 Å². The van der Waals surface area contributed by atoms with Gasteiger partial charge in [0, 0.05) is 0 Å². The van der Waals surface area contributed by atoms with Crippen molar-refractivity contribution in [3.63, 3.8) is 0 Å². The second-order valence-corrected chi connectivity index (χ2v) is 5.00. The van der Waals surface area contributed by atoms with Crippen LogP contribution >= 0.6 is 61.2 Å². The lowest BCUT2D eigenvalue weighted by atomic mass is 10.2. The second kappa shape index (κ2) is 8.34. The molecule has 3 nitrogen and oxygen atoms in total. The Labute approximate surface area is 127 Å². The van der Waals surface area contributed by atoms with Gasteiger partial charge in [-0.25, -0.2) is 0 Å². The van der Waals surface area contributed by atoms with Crippen LogP contribution in [0.5, 0.6) is 5.75 Å². The average Bonchev–Trinajstić information content (AvgIpc) is 2.42. The predicted molar refractivity (Wildman–Crippen MR) is 73.4 cm³/mol. The van der Waals surface area contributed by atoms with Gasteiger partial charge in [-0.2, -0.15) is 11.7 Å². The van der Waals surface area contributed by atoms with Crippen LogP contribution in [0.1, 0.15) is 0 Å². The van der Waals surface area contributed by atoms with Crippen molar-refractivity contribution in [2.45, 2.75) is 14.7 Å². The Kier molecular flexibility index (Phi) is 7.49. The lowest BCUT2D eigenvalue weighted by Gasteiger charge is -2.17. The molecule has 0 unspecified atom stereocenters. The molecule has 1 aromatic carbocycles. The molecule has 19 heavy (non-hydrogen) atoms. The molecular weight excluding hydrogens is 371 g/mol. The first-order valence-corrected chi connectivity index (χ1v) is 7.51. The SMILES string of the molecule is Nc1c(OSF)c(NSF)c(SF)c(SF)c1SF. The van der Waals surface area contributed by atoms with Crippen LogP contribution in [0.2, 0.25) is 0 Å². The Bertz CT molecular complexity index is 453. The average molecular weight is 374 g/mol. The standard InChI is InChI=1S/C6H3F5N2OS5/c7-15-4-1(12)3(14-19-11)2(13-18-10)5(16-8)6(4)17-9/h13H,12H2. The highest BCUT2D eigenvalue weighted by Crippen LogP contribution is 2.54. The summed E-state index contributed by atoms with van der Waals surface area (Å²) in [5.41, 5.74) is 4.55. The molecule has 0 radical (unpaired) electrons. The monoisotopic (exact) mass is 374 g/mol. The normalized spacial score (nSPS) is 10.6. The first-order chi connectivity index (χ1) is 9.15. The highest BCUT2D eigenvalue weighted by atomic mass is 32.2. The molecule has 0 saturated heterocycles. The van der Waals surface area contributed by atoms with Crippen molar-refractivity contribution in [1.82, 2.24) is 0 Å². The van der Waals surface area contributed by atoms with E-state index in [0.29, 0.717) is 0 Å². The summed E-state index contributed by atoms with van der Waals surface area (Å²) in [6, 6.07) is 0. The van der Waals surface area contributed by atoms with E-state index >= 15 is 0 Å². The van der Waals surface area contributed by atoms with Crippen LogP contribution in [0.4, 0.5) is 30.8 Å². The molecule has 108 valence electrons. The number of halogens is 5. The van der Waals surface area contributed by atoms with E-state index in [1.54, 1.807) is 0 Å². The fraction of sp³-hybridized carbons (Fsp3) is 0. The number of hydrogen-bond donors (Lipinski definition) is 2. The molecule has 1 rings (SSSR count). The minimum atomic E-state index is -0.655. The summed E-state index contributed by atoms with van der Waals surface area (Å²) in [6.45, 7) is 0. The Morgan fingerprint density at radius 1 is 0.895 bits per heavy atom. The molecular formula is C6H3F5N2OS5. The first-order valence-electron chi connectivity index (χ1n) is 4.00. The summed E-state index contributed by atoms with van der Waals surface area (Å²) in [4.78, 5) is -1.48. The van der Waals surface area contributed by atoms with Crippen molar-refractivity contribution in [3.05, 3.63) is 0 Å². The molecule has 0 saturated carbocycles. The van der Waals surface area contributed by atoms with Gasteiger partial charge in [0.25, 0.3) is 12.4 Å². The quantitative estimate of drug-likeness (QED) is 0.259. The van der Waals surface area contributed by atoms with E-state index in [-0.39, 0.29) is 0 Å². The number of nitrogen functional groups attached to an aromatic ring is 1. The van der Waals surface area contributed by atoms with Crippen molar-refractivity contribution in [1.29, 1.82) is 0 Å². The Balaban J connectivity index is 3.60. The predicted octanol–water partition coefficient (Wildman–Crippen LogP) is 6.05. The van der Waals surface area contributed by atoms with E-state index in [1.807, 2.05) is 4.72 Å². The zero-order chi connectivity index (χ0) is 14.4. The largest absolute Gasteiger partial charge is 0.395 e. The van der Waals surface area contributed by atoms with E-state index < -0.39 is 93.0 Å². The van der Waals surface area contributed by atoms with Crippen LogP contribution < -0.4 is 14.6 Å². The second-order valence-electron chi connectivity index (χ2n) is 2.66. The van der Waals surface area contributed by atoms with Crippen LogP contribution in [-0.4, -0.2) is 0 Å². The molecule has 0 aliphatic rings. The summed E-state index contributed by atoms with van der Waals surface area (Å²) >= 11 is -2.54. The number of anilines is 2. The van der Waals surface area contributed by atoms with Gasteiger partial charge in [0.1, 0.15) is 5.69 Å². The highest BCUT2D eigenvalue weighted by molar-refractivity contribution is 7.99. The van der Waals surface area contributed by atoms with E-state index in [0.717, 1.165) is 0 Å². The third kappa shape index (κ3) is 3.56. The lowest BCUT2D eigenvalue weighted by Crippen LogP contribution is -2.00. The van der Waals surface area contributed by atoms with Gasteiger partial charge in [-0.05, 0) is 0 Å². The summed E-state index contributed by atoms with van der Waals surface area (Å²) in [5.74, 6) is -0.532. The van der Waals surface area contributed by atoms with Crippen molar-refractivity contribution >= 4 is 72.6 Å². The molecule has 0 aliphatic carbocycles. The number of nitrogens with two attached hydrogens (primary N) is 1. The number of rotatable bonds is 7. The smallest absolute Gasteiger partial charge is 0.272 e. The highest BCUT2D eigenvalue weighted by Gasteiger charge is 2.27. The van der Waals surface area contributed by atoms with Crippen molar-refractivity contribution < 1.29 is 23.6 Å². The number of nitrogens with one attached hydrogen (secondary N) is 1. The Hall–Kier alpha value is 0.0200. The minimum absolute atomic E-state index is 0.430. The van der Waals surface area contributed by atoms with Gasteiger partial charge in [0.05, 0.1) is 56.8 Å². The van der Waals surface area contributed by atoms with Crippen molar-refractivity contribution in [2.24, 2.45) is 0 Å². The molecule has 0 heterocycles. The van der Waals surface area contributed by atoms with E-state index in [4.69, 9.17) is 5.73 Å². The zero-order valence-electron chi connectivity index (χ0n) is 8.42. The molecule has 0 amide bonds. The first kappa shape index (κ1) is 17.1. The fourth-order valence-corrected chi connectivity index (χ4v) is 3.26. The maximum absolute atomic E-state index is 12.9. The summed E-state index contributed by atoms with van der Waals surface area (Å²) in [5, 5.41) is 0. The van der Waals surface area contributed by atoms with E-state index in [9.17, 15) is 19.4 Å². The molecule has 0 aliphatic heterocycles. The Morgan fingerprint density at radius 2 is 1.47 bits per heavy atom. The fourth-order valence-electron chi connectivity index (χ4n) is 1.15. The number of hydrogen-bond acceptors (Lipinski definition) is 8. The third-order valence-corrected chi connectivity index (χ3v) is 4.32. The summed E-state index contributed by atoms with van der Waals surface area (Å²) in [6.07, 6.45) is 0. The van der Waals surface area contributed by atoms with Gasteiger partial charge in [-0.1, -0.05) is 0 Å². The molecule has 0 aromatic heterocycles. The van der Waals surface area contributed by atoms with Crippen molar-refractivity contribution in [2.75, 3.05) is 10.5 Å². The van der Waals surface area contributed by atoms with E-state index in [1.165, 1.54) is 0 Å². The van der Waals surface area contributed by atoms with Gasteiger partial charge in [0.2, 0.25) is 0 Å². The molecule has 13 heteroatoms. The van der Waals surface area contributed by atoms with Gasteiger partial charge < -0.3 is 9.92 Å². The van der Waals surface area contributed by atoms with Gasteiger partial charge in [0.15, 0.2) is 18.1 Å². The van der Waals surface area contributed by atoms with Gasteiger partial charge in [-0.15, -0.1) is 7.77 Å². The maximum atomic E-state index is 12.9. The van der Waals surface area contributed by atoms with Crippen LogP contribution in [0, 0.1) is 0 Å². The van der Waals surface area contributed by atoms with Crippen LogP contribution in [0.15, 0.2) is 14.7 Å². The zero-order valence-corrected chi connectivity index (χ0v) is 12.5. The summed E-state index contributed by atoms with van der Waals surface area (Å²) in [7, 11) is 0. The van der Waals surface area contributed by atoms with Gasteiger partial charge >= 0.3 is 0 Å². The lowest BCUT2D eigenvalue weighted by molar-refractivity contribution is 0.610. The van der Waals surface area contributed by atoms with Crippen LogP contribution in [0.25, 0.3) is 0 Å². The molecule has 0 spiro atoms. The Morgan fingerprint density at radius 3 is 1.89 bits per heavy atom. The molecule has 1 aromatic rings. The van der Waals surface area contributed by atoms with Crippen LogP contribution in [-0.2, 0) is 0 Å². The molecule has 3 N–H and O–H groups in total. The number of benzene rings is 1. The minimum Gasteiger partial charge on any atom is -0.395 e.